The van der Waals surface area contributed by atoms with Crippen LogP contribution in [0.1, 0.15) is 5.56 Å². The lowest BCUT2D eigenvalue weighted by Gasteiger charge is -2.11. The molecule has 1 aromatic rings. The van der Waals surface area contributed by atoms with Crippen molar-refractivity contribution < 1.29 is 22.7 Å². The number of nitrogens with one attached hydrogen (secondary N) is 2. The highest BCUT2D eigenvalue weighted by Gasteiger charge is 2.30. The third kappa shape index (κ3) is 4.21. The van der Waals surface area contributed by atoms with Crippen molar-refractivity contribution in [3.8, 4) is 0 Å². The van der Waals surface area contributed by atoms with Crippen molar-refractivity contribution in [2.45, 2.75) is 6.18 Å². The molecule has 0 aromatic heterocycles. The Balaban J connectivity index is 2.74. The van der Waals surface area contributed by atoms with Gasteiger partial charge in [-0.15, -0.1) is 0 Å². The molecule has 0 aliphatic carbocycles. The number of carbonyl (C=O) groups is 1. The van der Waals surface area contributed by atoms with Gasteiger partial charge in [0.05, 0.1) is 12.7 Å². The lowest BCUT2D eigenvalue weighted by atomic mass is 10.2. The molecule has 0 saturated heterocycles. The molecule has 0 saturated carbocycles. The Hall–Kier alpha value is -1.83. The highest BCUT2D eigenvalue weighted by molar-refractivity contribution is 7.80. The standard InChI is InChI=1S/C10H9F3N2O2S/c1-17-9(16)15-8(18)14-7-4-2-3-6(5-7)10(11,12)13/h2-5H,1H3,(H2,14,15,16,18). The minimum absolute atomic E-state index is 0.117. The summed E-state index contributed by atoms with van der Waals surface area (Å²) in [7, 11) is 1.14. The molecule has 0 radical (unpaired) electrons. The lowest BCUT2D eigenvalue weighted by Crippen LogP contribution is -2.33. The van der Waals surface area contributed by atoms with Crippen molar-refractivity contribution in [1.29, 1.82) is 0 Å². The maximum atomic E-state index is 12.4. The summed E-state index contributed by atoms with van der Waals surface area (Å²) < 4.78 is 41.5. The van der Waals surface area contributed by atoms with Crippen LogP contribution in [0, 0.1) is 0 Å². The Morgan fingerprint density at radius 3 is 2.61 bits per heavy atom. The van der Waals surface area contributed by atoms with Crippen LogP contribution in [0.4, 0.5) is 23.7 Å². The summed E-state index contributed by atoms with van der Waals surface area (Å²) in [5.41, 5.74) is -0.695. The van der Waals surface area contributed by atoms with Crippen molar-refractivity contribution in [3.63, 3.8) is 0 Å². The fourth-order valence-corrected chi connectivity index (χ4v) is 1.28. The van der Waals surface area contributed by atoms with Gasteiger partial charge < -0.3 is 10.1 Å². The number of methoxy groups -OCH3 is 1. The molecule has 1 rings (SSSR count). The molecule has 0 spiro atoms. The van der Waals surface area contributed by atoms with Crippen molar-refractivity contribution in [2.75, 3.05) is 12.4 Å². The molecule has 0 aliphatic rings. The lowest BCUT2D eigenvalue weighted by molar-refractivity contribution is -0.137. The molecule has 0 fully saturated rings. The fraction of sp³-hybridized carbons (Fsp3) is 0.200. The van der Waals surface area contributed by atoms with Crippen LogP contribution in [-0.4, -0.2) is 18.3 Å². The van der Waals surface area contributed by atoms with E-state index in [-0.39, 0.29) is 10.8 Å². The Bertz CT molecular complexity index is 463. The van der Waals surface area contributed by atoms with Crippen LogP contribution in [0.5, 0.6) is 0 Å². The Morgan fingerprint density at radius 2 is 2.06 bits per heavy atom. The smallest absolute Gasteiger partial charge is 0.416 e. The van der Waals surface area contributed by atoms with E-state index in [1.807, 2.05) is 0 Å². The second-order valence-corrected chi connectivity index (χ2v) is 3.56. The van der Waals surface area contributed by atoms with E-state index in [0.717, 1.165) is 19.2 Å². The van der Waals surface area contributed by atoms with E-state index in [9.17, 15) is 18.0 Å². The average molecular weight is 278 g/mol. The molecule has 0 heterocycles. The molecular weight excluding hydrogens is 269 g/mol. The molecule has 0 aliphatic heterocycles. The van der Waals surface area contributed by atoms with Crippen LogP contribution >= 0.6 is 12.2 Å². The summed E-state index contributed by atoms with van der Waals surface area (Å²) in [6.07, 6.45) is -5.24. The third-order valence-corrected chi connectivity index (χ3v) is 2.05. The monoisotopic (exact) mass is 278 g/mol. The number of hydrogen-bond donors (Lipinski definition) is 2. The summed E-state index contributed by atoms with van der Waals surface area (Å²) in [5, 5.41) is 4.40. The molecule has 2 N–H and O–H groups in total. The molecule has 1 amide bonds. The first-order valence-corrected chi connectivity index (χ1v) is 5.07. The van der Waals surface area contributed by atoms with Crippen molar-refractivity contribution in [2.24, 2.45) is 0 Å². The highest BCUT2D eigenvalue weighted by atomic mass is 32.1. The SMILES string of the molecule is COC(=O)NC(=S)Nc1cccc(C(F)(F)F)c1. The summed E-state index contributed by atoms with van der Waals surface area (Å²) in [5.74, 6) is 0. The average Bonchev–Trinajstić information content (AvgIpc) is 2.27. The minimum Gasteiger partial charge on any atom is -0.453 e. The topological polar surface area (TPSA) is 50.4 Å². The predicted octanol–water partition coefficient (Wildman–Crippen LogP) is 2.76. The number of anilines is 1. The number of amides is 1. The van der Waals surface area contributed by atoms with Crippen LogP contribution in [0.3, 0.4) is 0 Å². The number of halogens is 3. The van der Waals surface area contributed by atoms with Gasteiger partial charge in [0, 0.05) is 5.69 Å². The zero-order valence-corrected chi connectivity index (χ0v) is 9.98. The van der Waals surface area contributed by atoms with Gasteiger partial charge in [-0.3, -0.25) is 5.32 Å². The number of ether oxygens (including phenoxy) is 1. The van der Waals surface area contributed by atoms with E-state index in [1.165, 1.54) is 12.1 Å². The first-order valence-electron chi connectivity index (χ1n) is 4.66. The maximum Gasteiger partial charge on any atom is 0.416 e. The van der Waals surface area contributed by atoms with Crippen molar-refractivity contribution in [3.05, 3.63) is 29.8 Å². The Labute approximate surface area is 106 Å². The third-order valence-electron chi connectivity index (χ3n) is 1.85. The molecule has 0 unspecified atom stereocenters. The van der Waals surface area contributed by atoms with Crippen LogP contribution in [-0.2, 0) is 10.9 Å². The van der Waals surface area contributed by atoms with E-state index >= 15 is 0 Å². The maximum absolute atomic E-state index is 12.4. The zero-order valence-electron chi connectivity index (χ0n) is 9.17. The normalized spacial score (nSPS) is 10.7. The van der Waals surface area contributed by atoms with E-state index < -0.39 is 17.8 Å². The van der Waals surface area contributed by atoms with Gasteiger partial charge in [-0.05, 0) is 30.4 Å². The number of alkyl halides is 3. The molecule has 0 atom stereocenters. The van der Waals surface area contributed by atoms with Crippen LogP contribution < -0.4 is 10.6 Å². The number of carbonyl (C=O) groups excluding carboxylic acids is 1. The largest absolute Gasteiger partial charge is 0.453 e. The molecule has 0 bridgehead atoms. The highest BCUT2D eigenvalue weighted by Crippen LogP contribution is 2.30. The number of rotatable bonds is 1. The Morgan fingerprint density at radius 1 is 1.39 bits per heavy atom. The number of thiocarbonyl (C=S) groups is 1. The number of alkyl carbamates (subject to hydrolysis) is 1. The van der Waals surface area contributed by atoms with Crippen LogP contribution in [0.2, 0.25) is 0 Å². The molecule has 18 heavy (non-hydrogen) atoms. The number of benzene rings is 1. The van der Waals surface area contributed by atoms with Gasteiger partial charge in [-0.2, -0.15) is 13.2 Å². The molecule has 8 heteroatoms. The molecule has 1 aromatic carbocycles. The summed E-state index contributed by atoms with van der Waals surface area (Å²) in [4.78, 5) is 10.8. The number of hydrogen-bond acceptors (Lipinski definition) is 3. The van der Waals surface area contributed by atoms with Gasteiger partial charge in [-0.1, -0.05) is 6.07 Å². The predicted molar refractivity (Wildman–Crippen MR) is 63.2 cm³/mol. The van der Waals surface area contributed by atoms with Gasteiger partial charge in [0.15, 0.2) is 5.11 Å². The fourth-order valence-electron chi connectivity index (χ4n) is 1.08. The van der Waals surface area contributed by atoms with Gasteiger partial charge in [-0.25, -0.2) is 4.79 Å². The quantitative estimate of drug-likeness (QED) is 0.776. The van der Waals surface area contributed by atoms with E-state index in [1.54, 1.807) is 0 Å². The van der Waals surface area contributed by atoms with Crippen LogP contribution in [0.15, 0.2) is 24.3 Å². The zero-order chi connectivity index (χ0) is 13.8. The van der Waals surface area contributed by atoms with E-state index in [4.69, 9.17) is 12.2 Å². The van der Waals surface area contributed by atoms with Gasteiger partial charge in [0.1, 0.15) is 0 Å². The van der Waals surface area contributed by atoms with E-state index in [2.05, 4.69) is 15.4 Å². The van der Waals surface area contributed by atoms with E-state index in [0.29, 0.717) is 0 Å². The second-order valence-electron chi connectivity index (χ2n) is 3.15. The van der Waals surface area contributed by atoms with Crippen molar-refractivity contribution in [1.82, 2.24) is 5.32 Å². The summed E-state index contributed by atoms with van der Waals surface area (Å²) in [6, 6.07) is 4.43. The Kier molecular flexibility index (Phi) is 4.49. The molecule has 4 nitrogen and oxygen atoms in total. The summed E-state index contributed by atoms with van der Waals surface area (Å²) in [6.45, 7) is 0. The second kappa shape index (κ2) is 5.67. The van der Waals surface area contributed by atoms with Crippen LogP contribution in [0.25, 0.3) is 0 Å². The van der Waals surface area contributed by atoms with Gasteiger partial charge in [0.2, 0.25) is 0 Å². The minimum atomic E-state index is -4.44. The van der Waals surface area contributed by atoms with Gasteiger partial charge in [0.25, 0.3) is 0 Å². The first-order chi connectivity index (χ1) is 8.32. The molecule has 98 valence electrons. The van der Waals surface area contributed by atoms with Crippen molar-refractivity contribution >= 4 is 29.1 Å². The summed E-state index contributed by atoms with van der Waals surface area (Å²) >= 11 is 4.71. The molecular formula is C10H9F3N2O2S. The first kappa shape index (κ1) is 14.2. The van der Waals surface area contributed by atoms with Gasteiger partial charge >= 0.3 is 12.3 Å².